The number of hydrogen-bond acceptors (Lipinski definition) is 8. The topological polar surface area (TPSA) is 162 Å². The molecule has 0 radical (unpaired) electrons. The second-order valence-electron chi connectivity index (χ2n) is 27.0. The normalized spacial score (nSPS) is 47.1. The van der Waals surface area contributed by atoms with Crippen molar-refractivity contribution in [3.63, 3.8) is 0 Å². The minimum absolute atomic E-state index is 0.0154. The van der Waals surface area contributed by atoms with E-state index in [0.717, 1.165) is 125 Å². The van der Waals surface area contributed by atoms with Crippen molar-refractivity contribution in [3.05, 3.63) is 48.6 Å². The molecule has 16 atom stereocenters. The summed E-state index contributed by atoms with van der Waals surface area (Å²) in [5.74, 6) is 3.10. The summed E-state index contributed by atoms with van der Waals surface area (Å²) in [5, 5.41) is 86.5. The van der Waals surface area contributed by atoms with Gasteiger partial charge < -0.3 is 40.9 Å². The summed E-state index contributed by atoms with van der Waals surface area (Å²) in [7, 11) is 0. The Balaban J connectivity index is 0.000000169. The van der Waals surface area contributed by atoms with Gasteiger partial charge in [0.2, 0.25) is 0 Å². The van der Waals surface area contributed by atoms with Gasteiger partial charge in [-0.2, -0.15) is 0 Å². The van der Waals surface area contributed by atoms with E-state index in [1.165, 1.54) is 0 Å². The highest BCUT2D eigenvalue weighted by Gasteiger charge is 2.60. The zero-order valence-electron chi connectivity index (χ0n) is 45.5. The SMILES string of the molecule is C=C1CC[C@@H]2[C@@](O)(C1)[C@H](C(C)C)CC[C@@]2(C)O.C=C1CC[C@@H]2[C@@](O)(C1)[C@H](C(C)C)CC[C@@]2(C)O.C=C1CC[C@@H]2[C@@](O)(C1)[C@H](C(C)C)CC[C@@]2(C)O.C=C1CC[C@@H]2[C@@](O)(C1)[C@H](C(C)C)CC[C@@]2(C)O. The molecule has 0 aliphatic heterocycles. The highest BCUT2D eigenvalue weighted by Crippen LogP contribution is 2.58. The molecule has 0 amide bonds. The van der Waals surface area contributed by atoms with Crippen LogP contribution in [0.3, 0.4) is 0 Å². The molecule has 0 aromatic rings. The van der Waals surface area contributed by atoms with Crippen molar-refractivity contribution in [2.45, 2.75) is 256 Å². The molecule has 0 heterocycles. The molecule has 0 aromatic heterocycles. The number of aliphatic hydroxyl groups is 8. The van der Waals surface area contributed by atoms with Crippen LogP contribution in [0.5, 0.6) is 0 Å². The molecule has 8 aliphatic rings. The van der Waals surface area contributed by atoms with Gasteiger partial charge in [-0.05, 0) is 203 Å². The molecule has 8 heteroatoms. The van der Waals surface area contributed by atoms with Crippen molar-refractivity contribution in [3.8, 4) is 0 Å². The van der Waals surface area contributed by atoms with E-state index in [1.807, 2.05) is 27.7 Å². The van der Waals surface area contributed by atoms with Crippen LogP contribution in [0, 0.1) is 71.0 Å². The maximum absolute atomic E-state index is 11.1. The van der Waals surface area contributed by atoms with Crippen LogP contribution in [0.25, 0.3) is 0 Å². The van der Waals surface area contributed by atoms with Gasteiger partial charge in [0.15, 0.2) is 0 Å². The van der Waals surface area contributed by atoms with Gasteiger partial charge in [-0.25, -0.2) is 0 Å². The molecule has 68 heavy (non-hydrogen) atoms. The fourth-order valence-electron chi connectivity index (χ4n) is 16.9. The third-order valence-electron chi connectivity index (χ3n) is 20.3. The van der Waals surface area contributed by atoms with Crippen molar-refractivity contribution in [2.24, 2.45) is 71.0 Å². The summed E-state index contributed by atoms with van der Waals surface area (Å²) in [4.78, 5) is 0. The van der Waals surface area contributed by atoms with Crippen molar-refractivity contribution >= 4 is 0 Å². The summed E-state index contributed by atoms with van der Waals surface area (Å²) in [6.07, 6.45) is 17.0. The molecule has 8 fully saturated rings. The fourth-order valence-corrected chi connectivity index (χ4v) is 16.9. The molecule has 8 rings (SSSR count). The average Bonchev–Trinajstić information content (AvgIpc) is 3.16. The first kappa shape index (κ1) is 57.5. The zero-order chi connectivity index (χ0) is 51.4. The lowest BCUT2D eigenvalue weighted by atomic mass is 9.54. The minimum atomic E-state index is -0.731. The second-order valence-corrected chi connectivity index (χ2v) is 27.0. The van der Waals surface area contributed by atoms with Crippen molar-refractivity contribution in [1.29, 1.82) is 0 Å². The fraction of sp³-hybridized carbons (Fsp3) is 0.867. The monoisotopic (exact) mass is 953 g/mol. The molecule has 0 saturated heterocycles. The van der Waals surface area contributed by atoms with Crippen LogP contribution in [0.15, 0.2) is 48.6 Å². The second kappa shape index (κ2) is 20.9. The van der Waals surface area contributed by atoms with Gasteiger partial charge in [-0.1, -0.05) is 104 Å². The Morgan fingerprint density at radius 2 is 0.485 bits per heavy atom. The van der Waals surface area contributed by atoms with Crippen LogP contribution in [-0.2, 0) is 0 Å². The highest BCUT2D eigenvalue weighted by molar-refractivity contribution is 5.20. The summed E-state index contributed by atoms with van der Waals surface area (Å²) < 4.78 is 0. The highest BCUT2D eigenvalue weighted by atomic mass is 16.3. The van der Waals surface area contributed by atoms with Crippen LogP contribution in [0.1, 0.15) is 212 Å². The van der Waals surface area contributed by atoms with Gasteiger partial charge in [-0.15, -0.1) is 0 Å². The molecule has 0 spiro atoms. The van der Waals surface area contributed by atoms with Crippen molar-refractivity contribution in [2.75, 3.05) is 0 Å². The van der Waals surface area contributed by atoms with Crippen LogP contribution in [-0.4, -0.2) is 85.7 Å². The van der Waals surface area contributed by atoms with Crippen LogP contribution in [0.4, 0.5) is 0 Å². The van der Waals surface area contributed by atoms with Crippen molar-refractivity contribution < 1.29 is 40.9 Å². The maximum atomic E-state index is 11.1. The van der Waals surface area contributed by atoms with Crippen LogP contribution >= 0.6 is 0 Å². The smallest absolute Gasteiger partial charge is 0.0770 e. The Bertz CT molecular complexity index is 1530. The van der Waals surface area contributed by atoms with Gasteiger partial charge >= 0.3 is 0 Å². The van der Waals surface area contributed by atoms with Gasteiger partial charge in [-0.3, -0.25) is 0 Å². The first-order valence-corrected chi connectivity index (χ1v) is 27.5. The molecule has 392 valence electrons. The van der Waals surface area contributed by atoms with Crippen LogP contribution in [0.2, 0.25) is 0 Å². The summed E-state index contributed by atoms with van der Waals surface area (Å²) in [5.41, 5.74) is -1.17. The van der Waals surface area contributed by atoms with E-state index in [0.29, 0.717) is 73.0 Å². The van der Waals surface area contributed by atoms with E-state index in [4.69, 9.17) is 0 Å². The molecule has 8 nitrogen and oxygen atoms in total. The molecule has 0 bridgehead atoms. The number of hydrogen-bond donors (Lipinski definition) is 8. The van der Waals surface area contributed by atoms with E-state index in [9.17, 15) is 40.9 Å². The standard InChI is InChI=1S/4C15H26O2/c4*1-10(2)12-7-8-14(4,16)13-6-5-11(3)9-15(12,13)17/h4*10,12-13,16-17H,3,5-9H2,1-2,4H3/t4*12-,13-,14+,15+/m0000/s1. The quantitative estimate of drug-likeness (QED) is 0.129. The van der Waals surface area contributed by atoms with E-state index in [-0.39, 0.29) is 23.7 Å². The number of fused-ring (bicyclic) bond motifs is 4. The average molecular weight is 953 g/mol. The van der Waals surface area contributed by atoms with Gasteiger partial charge in [0.25, 0.3) is 0 Å². The Labute approximate surface area is 415 Å². The first-order chi connectivity index (χ1) is 31.1. The van der Waals surface area contributed by atoms with E-state index in [2.05, 4.69) is 81.7 Å². The van der Waals surface area contributed by atoms with E-state index >= 15 is 0 Å². The molecule has 8 saturated carbocycles. The molecule has 8 N–H and O–H groups in total. The van der Waals surface area contributed by atoms with Crippen LogP contribution < -0.4 is 0 Å². The first-order valence-electron chi connectivity index (χ1n) is 27.5. The Kier molecular flexibility index (Phi) is 17.7. The summed E-state index contributed by atoms with van der Waals surface area (Å²) in [6.45, 7) is 41.2. The Hall–Kier alpha value is -1.36. The predicted molar refractivity (Wildman–Crippen MR) is 278 cm³/mol. The van der Waals surface area contributed by atoms with Gasteiger partial charge in [0.05, 0.1) is 44.8 Å². The molecular formula is C60H104O8. The lowest BCUT2D eigenvalue weighted by Crippen LogP contribution is -2.61. The Morgan fingerprint density at radius 3 is 0.632 bits per heavy atom. The third-order valence-corrected chi connectivity index (χ3v) is 20.3. The summed E-state index contributed by atoms with van der Waals surface area (Å²) >= 11 is 0. The largest absolute Gasteiger partial charge is 0.390 e. The third kappa shape index (κ3) is 11.5. The maximum Gasteiger partial charge on any atom is 0.0770 e. The van der Waals surface area contributed by atoms with E-state index in [1.54, 1.807) is 0 Å². The lowest BCUT2D eigenvalue weighted by Gasteiger charge is -2.56. The molecule has 0 unspecified atom stereocenters. The molecule has 8 aliphatic carbocycles. The lowest BCUT2D eigenvalue weighted by molar-refractivity contribution is -0.198. The van der Waals surface area contributed by atoms with E-state index < -0.39 is 44.8 Å². The zero-order valence-corrected chi connectivity index (χ0v) is 45.5. The van der Waals surface area contributed by atoms with Gasteiger partial charge in [0, 0.05) is 23.7 Å². The Morgan fingerprint density at radius 1 is 0.324 bits per heavy atom. The molecular weight excluding hydrogens is 849 g/mol. The van der Waals surface area contributed by atoms with Crippen molar-refractivity contribution in [1.82, 2.24) is 0 Å². The number of rotatable bonds is 4. The summed E-state index contributed by atoms with van der Waals surface area (Å²) in [6, 6.07) is 0. The van der Waals surface area contributed by atoms with Gasteiger partial charge in [0.1, 0.15) is 0 Å². The predicted octanol–water partition coefficient (Wildman–Crippen LogP) is 11.6. The molecule has 0 aromatic carbocycles. The minimum Gasteiger partial charge on any atom is -0.390 e.